The number of nitrogens with one attached hydrogen (secondary N) is 1. The van der Waals surface area contributed by atoms with E-state index in [9.17, 15) is 30.3 Å². The number of aliphatic hydroxyl groups is 3. The van der Waals surface area contributed by atoms with Gasteiger partial charge < -0.3 is 25.8 Å². The molecule has 0 amide bonds. The van der Waals surface area contributed by atoms with Gasteiger partial charge in [0.05, 0.1) is 76.8 Å². The summed E-state index contributed by atoms with van der Waals surface area (Å²) < 4.78 is 9.20. The minimum Gasteiger partial charge on any atom is -0.396 e. The van der Waals surface area contributed by atoms with E-state index in [2.05, 4.69) is 32.4 Å². The van der Waals surface area contributed by atoms with E-state index in [-0.39, 0.29) is 90.2 Å². The lowest BCUT2D eigenvalue weighted by atomic mass is 10.3. The molecule has 310 valence electrons. The third-order valence-electron chi connectivity index (χ3n) is 6.36. The molecule has 0 radical (unpaired) electrons. The maximum atomic E-state index is 10.4. The molecule has 5 rings (SSSR count). The van der Waals surface area contributed by atoms with E-state index >= 15 is 0 Å². The number of anilines is 1. The van der Waals surface area contributed by atoms with Crippen molar-refractivity contribution in [3.8, 4) is 0 Å². The standard InChI is InChI=1S/2C7H11N3O3.C7H13N3O.C4H5N3O2.C3H6O.4H2S/c2*1-5(11)4-9-6(2)7(3-8-9)10(12)13;1-5(11)3-10-4-7(8)6(2)9-10;1-3-4(7(8)9)2-5-6-3;1-3-2-4-3;;;;/h2*3,5,11H,4H2,1-2H3;4-5,11H,3,8H2,1-2H3;2H,1H3,(H,5,6);3H,2H2,1H3;4*1H2/t3*5-;;3-;;;;/m000.0..../s1. The molecule has 0 bridgehead atoms. The van der Waals surface area contributed by atoms with Gasteiger partial charge >= 0.3 is 17.1 Å². The van der Waals surface area contributed by atoms with Gasteiger partial charge in [-0.25, -0.2) is 0 Å². The number of hydrogen-bond acceptors (Lipinski definition) is 15. The Labute approximate surface area is 339 Å². The molecule has 4 aromatic heterocycles. The summed E-state index contributed by atoms with van der Waals surface area (Å²) >= 11 is 0. The molecule has 0 saturated carbocycles. The van der Waals surface area contributed by atoms with Crippen LogP contribution in [0.2, 0.25) is 0 Å². The Balaban J connectivity index is -0.000000292. The Hall–Kier alpha value is -3.92. The average molecular weight is 847 g/mol. The Morgan fingerprint density at radius 2 is 1.17 bits per heavy atom. The zero-order valence-corrected chi connectivity index (χ0v) is 35.2. The van der Waals surface area contributed by atoms with Crippen molar-refractivity contribution in [2.75, 3.05) is 12.3 Å². The lowest BCUT2D eigenvalue weighted by molar-refractivity contribution is -0.385. The first-order valence-corrected chi connectivity index (χ1v) is 15.2. The maximum absolute atomic E-state index is 10.4. The predicted molar refractivity (Wildman–Crippen MR) is 221 cm³/mol. The summed E-state index contributed by atoms with van der Waals surface area (Å²) in [5, 5.41) is 75.5. The summed E-state index contributed by atoms with van der Waals surface area (Å²) in [7, 11) is 0. The highest BCUT2D eigenvalue weighted by Crippen LogP contribution is 2.17. The number of aliphatic hydroxyl groups excluding tert-OH is 3. The van der Waals surface area contributed by atoms with Crippen molar-refractivity contribution in [2.45, 2.75) is 99.4 Å². The number of nitro groups is 3. The van der Waals surface area contributed by atoms with Gasteiger partial charge in [0, 0.05) is 6.20 Å². The van der Waals surface area contributed by atoms with Gasteiger partial charge in [-0.15, -0.1) is 0 Å². The van der Waals surface area contributed by atoms with Crippen LogP contribution in [0.15, 0.2) is 24.8 Å². The van der Waals surface area contributed by atoms with Crippen LogP contribution in [0.5, 0.6) is 0 Å². The molecule has 0 spiro atoms. The zero-order valence-electron chi connectivity index (χ0n) is 31.2. The van der Waals surface area contributed by atoms with Crippen molar-refractivity contribution >= 4 is 76.7 Å². The number of H-pyrrole nitrogens is 1. The van der Waals surface area contributed by atoms with Gasteiger partial charge in [-0.2, -0.15) is 74.4 Å². The third-order valence-corrected chi connectivity index (χ3v) is 6.36. The number of rotatable bonds is 9. The molecule has 1 saturated heterocycles. The van der Waals surface area contributed by atoms with Crippen LogP contribution in [-0.2, 0) is 24.4 Å². The second kappa shape index (κ2) is 27.6. The summed E-state index contributed by atoms with van der Waals surface area (Å²) in [6, 6.07) is 0. The van der Waals surface area contributed by atoms with Gasteiger partial charge in [-0.05, 0) is 55.4 Å². The van der Waals surface area contributed by atoms with Crippen molar-refractivity contribution in [1.29, 1.82) is 0 Å². The maximum Gasteiger partial charge on any atom is 0.309 e. The number of epoxide rings is 1. The number of nitrogens with two attached hydrogens (primary N) is 1. The lowest BCUT2D eigenvalue weighted by Crippen LogP contribution is -2.14. The van der Waals surface area contributed by atoms with Crippen molar-refractivity contribution in [3.63, 3.8) is 0 Å². The molecule has 5 heterocycles. The quantitative estimate of drug-likeness (QED) is 0.0919. The number of aryl methyl sites for hydroxylation is 2. The van der Waals surface area contributed by atoms with E-state index in [1.54, 1.807) is 52.4 Å². The summed E-state index contributed by atoms with van der Waals surface area (Å²) in [5.41, 5.74) is 8.46. The smallest absolute Gasteiger partial charge is 0.309 e. The number of ether oxygens (including phenoxy) is 1. The summed E-state index contributed by atoms with van der Waals surface area (Å²) in [6.07, 6.45) is 4.39. The van der Waals surface area contributed by atoms with E-state index in [4.69, 9.17) is 25.8 Å². The zero-order chi connectivity index (χ0) is 38.3. The van der Waals surface area contributed by atoms with E-state index in [0.717, 1.165) is 12.3 Å². The monoisotopic (exact) mass is 846 g/mol. The lowest BCUT2D eigenvalue weighted by Gasteiger charge is -2.04. The first-order valence-electron chi connectivity index (χ1n) is 15.2. The first-order chi connectivity index (χ1) is 23.2. The Bertz CT molecular complexity index is 1590. The van der Waals surface area contributed by atoms with E-state index in [0.29, 0.717) is 35.4 Å². The highest BCUT2D eigenvalue weighted by Gasteiger charge is 2.18. The Morgan fingerprint density at radius 1 is 0.796 bits per heavy atom. The van der Waals surface area contributed by atoms with E-state index < -0.39 is 27.0 Å². The van der Waals surface area contributed by atoms with Crippen LogP contribution in [0.1, 0.15) is 50.5 Å². The molecular weight excluding hydrogens is 793 g/mol. The first kappa shape index (κ1) is 56.8. The van der Waals surface area contributed by atoms with E-state index in [1.807, 2.05) is 6.92 Å². The molecule has 22 nitrogen and oxygen atoms in total. The number of aromatic amines is 1. The van der Waals surface area contributed by atoms with Gasteiger partial charge in [0.1, 0.15) is 35.7 Å². The van der Waals surface area contributed by atoms with Crippen LogP contribution in [-0.4, -0.2) is 101 Å². The fourth-order valence-electron chi connectivity index (χ4n) is 3.62. The molecule has 0 aliphatic carbocycles. The van der Waals surface area contributed by atoms with Gasteiger partial charge in [-0.1, -0.05) is 0 Å². The molecular formula is C28H54N12O10S4. The molecule has 26 heteroatoms. The van der Waals surface area contributed by atoms with Crippen molar-refractivity contribution in [2.24, 2.45) is 0 Å². The highest BCUT2D eigenvalue weighted by molar-refractivity contribution is 7.59. The second-order valence-corrected chi connectivity index (χ2v) is 11.3. The number of aromatic nitrogens is 8. The average Bonchev–Trinajstić information content (AvgIpc) is 3.25. The highest BCUT2D eigenvalue weighted by atomic mass is 32.1. The topological polar surface area (TPSA) is 311 Å². The van der Waals surface area contributed by atoms with Crippen molar-refractivity contribution < 1.29 is 34.8 Å². The van der Waals surface area contributed by atoms with Gasteiger partial charge in [-0.3, -0.25) is 49.5 Å². The van der Waals surface area contributed by atoms with Crippen molar-refractivity contribution in [1.82, 2.24) is 39.5 Å². The fraction of sp³-hybridized carbons (Fsp3) is 0.571. The van der Waals surface area contributed by atoms with Gasteiger partial charge in [0.2, 0.25) is 0 Å². The van der Waals surface area contributed by atoms with Crippen LogP contribution in [0.3, 0.4) is 0 Å². The largest absolute Gasteiger partial charge is 0.396 e. The van der Waals surface area contributed by atoms with Crippen LogP contribution in [0.4, 0.5) is 22.7 Å². The molecule has 0 unspecified atom stereocenters. The third kappa shape index (κ3) is 21.1. The van der Waals surface area contributed by atoms with Gasteiger partial charge in [0.15, 0.2) is 0 Å². The Morgan fingerprint density at radius 3 is 1.37 bits per heavy atom. The van der Waals surface area contributed by atoms with Crippen LogP contribution < -0.4 is 5.73 Å². The fourth-order valence-corrected chi connectivity index (χ4v) is 3.62. The SMILES string of the molecule is C[C@H]1CO1.Cc1[nH]ncc1[N+](=O)[O-].Cc1c([N+](=O)[O-])cnn1C[C@H](C)O.Cc1c([N+](=O)[O-])cnn1C[C@H](C)O.Cc1nn(C[C@H](C)O)cc1N.S.S.S.S. The normalized spacial score (nSPS) is 13.4. The minimum absolute atomic E-state index is 0. The van der Waals surface area contributed by atoms with Crippen LogP contribution in [0.25, 0.3) is 0 Å². The molecule has 0 aromatic carbocycles. The minimum atomic E-state index is -0.557. The summed E-state index contributed by atoms with van der Waals surface area (Å²) in [4.78, 5) is 29.4. The Kier molecular flexibility index (Phi) is 29.1. The second-order valence-electron chi connectivity index (χ2n) is 11.3. The molecule has 1 fully saturated rings. The number of hydrogen-bond donors (Lipinski definition) is 5. The molecule has 54 heavy (non-hydrogen) atoms. The summed E-state index contributed by atoms with van der Waals surface area (Å²) in [6.45, 7) is 15.7. The molecule has 1 aliphatic heterocycles. The molecule has 4 aromatic rings. The molecule has 6 N–H and O–H groups in total. The van der Waals surface area contributed by atoms with Crippen LogP contribution >= 0.6 is 54.0 Å². The number of nitrogens with zero attached hydrogens (tertiary/aromatic N) is 10. The molecule has 4 atom stereocenters. The molecule has 1 aliphatic rings. The predicted octanol–water partition coefficient (Wildman–Crippen LogP) is 2.60. The van der Waals surface area contributed by atoms with Crippen molar-refractivity contribution in [3.05, 3.63) is 77.9 Å². The van der Waals surface area contributed by atoms with E-state index in [1.165, 1.54) is 28.0 Å². The number of nitrogen functional groups attached to an aromatic ring is 1. The van der Waals surface area contributed by atoms with Crippen LogP contribution in [0, 0.1) is 58.0 Å². The van der Waals surface area contributed by atoms with Gasteiger partial charge in [0.25, 0.3) is 0 Å². The summed E-state index contributed by atoms with van der Waals surface area (Å²) in [5.74, 6) is 0.